The van der Waals surface area contributed by atoms with E-state index in [1.807, 2.05) is 24.7 Å². The lowest BCUT2D eigenvalue weighted by atomic mass is 10.2. The van der Waals surface area contributed by atoms with Crippen molar-refractivity contribution in [3.8, 4) is 11.3 Å². The van der Waals surface area contributed by atoms with E-state index in [-0.39, 0.29) is 0 Å². The van der Waals surface area contributed by atoms with E-state index >= 15 is 0 Å². The van der Waals surface area contributed by atoms with E-state index in [9.17, 15) is 0 Å². The first-order valence-corrected chi connectivity index (χ1v) is 6.93. The van der Waals surface area contributed by atoms with Gasteiger partial charge in [0.2, 0.25) is 0 Å². The predicted octanol–water partition coefficient (Wildman–Crippen LogP) is 5.05. The quantitative estimate of drug-likeness (QED) is 0.702. The molecule has 0 atom stereocenters. The number of aryl methyl sites for hydroxylation is 1. The lowest BCUT2D eigenvalue weighted by Crippen LogP contribution is -1.93. The van der Waals surface area contributed by atoms with Gasteiger partial charge in [0.05, 0.1) is 17.0 Å². The van der Waals surface area contributed by atoms with Gasteiger partial charge in [0.1, 0.15) is 0 Å². The number of unbranched alkanes of at least 4 members (excludes halogenated alkanes) is 2. The fraction of sp³-hybridized carbons (Fsp3) is 0.357. The van der Waals surface area contributed by atoms with Crippen LogP contribution in [0.4, 0.5) is 0 Å². The minimum atomic E-state index is 0.640. The zero-order valence-electron chi connectivity index (χ0n) is 10.4. The highest BCUT2D eigenvalue weighted by atomic mass is 35.5. The summed E-state index contributed by atoms with van der Waals surface area (Å²) in [5.41, 5.74) is 1.82. The van der Waals surface area contributed by atoms with Gasteiger partial charge in [-0.25, -0.2) is 4.98 Å². The summed E-state index contributed by atoms with van der Waals surface area (Å²) in [5, 5.41) is 1.28. The summed E-state index contributed by atoms with van der Waals surface area (Å²) in [6.45, 7) is 3.21. The second-order valence-corrected chi connectivity index (χ2v) is 5.17. The highest BCUT2D eigenvalue weighted by Crippen LogP contribution is 2.29. The van der Waals surface area contributed by atoms with Gasteiger partial charge in [-0.2, -0.15) is 0 Å². The normalized spacial score (nSPS) is 10.8. The third-order valence-electron chi connectivity index (χ3n) is 2.86. The summed E-state index contributed by atoms with van der Waals surface area (Å²) in [6, 6.07) is 5.48. The van der Waals surface area contributed by atoms with Crippen LogP contribution >= 0.6 is 23.2 Å². The van der Waals surface area contributed by atoms with E-state index in [0.717, 1.165) is 17.8 Å². The zero-order valence-corrected chi connectivity index (χ0v) is 11.9. The Morgan fingerprint density at radius 1 is 1.22 bits per heavy atom. The number of benzene rings is 1. The molecule has 2 aromatic rings. The number of imidazole rings is 1. The summed E-state index contributed by atoms with van der Waals surface area (Å²) in [6.07, 6.45) is 7.54. The van der Waals surface area contributed by atoms with E-state index in [1.165, 1.54) is 19.3 Å². The van der Waals surface area contributed by atoms with Crippen LogP contribution in [0, 0.1) is 0 Å². The molecule has 0 radical (unpaired) electrons. The Balaban J connectivity index is 2.13. The summed E-state index contributed by atoms with van der Waals surface area (Å²) < 4.78 is 2.11. The van der Waals surface area contributed by atoms with Gasteiger partial charge in [-0.05, 0) is 24.6 Å². The van der Waals surface area contributed by atoms with Crippen LogP contribution in [0.15, 0.2) is 30.7 Å². The van der Waals surface area contributed by atoms with Gasteiger partial charge in [0.25, 0.3) is 0 Å². The van der Waals surface area contributed by atoms with Crippen molar-refractivity contribution >= 4 is 23.2 Å². The molecular weight excluding hydrogens is 267 g/mol. The van der Waals surface area contributed by atoms with Gasteiger partial charge in [-0.15, -0.1) is 0 Å². The van der Waals surface area contributed by atoms with Gasteiger partial charge in [-0.3, -0.25) is 0 Å². The van der Waals surface area contributed by atoms with Crippen LogP contribution in [0.3, 0.4) is 0 Å². The van der Waals surface area contributed by atoms with Crippen LogP contribution in [0.2, 0.25) is 10.0 Å². The molecule has 2 nitrogen and oxygen atoms in total. The summed E-state index contributed by atoms with van der Waals surface area (Å²) in [5.74, 6) is 0. The molecule has 0 unspecified atom stereocenters. The zero-order chi connectivity index (χ0) is 13.0. The third-order valence-corrected chi connectivity index (χ3v) is 3.41. The molecule has 0 saturated carbocycles. The molecule has 0 saturated heterocycles. The Bertz CT molecular complexity index is 520. The minimum Gasteiger partial charge on any atom is -0.337 e. The average Bonchev–Trinajstić information content (AvgIpc) is 2.78. The van der Waals surface area contributed by atoms with Gasteiger partial charge < -0.3 is 4.57 Å². The van der Waals surface area contributed by atoms with Crippen LogP contribution in [-0.4, -0.2) is 9.55 Å². The molecule has 0 aliphatic rings. The van der Waals surface area contributed by atoms with E-state index in [1.54, 1.807) is 6.07 Å². The molecule has 0 amide bonds. The monoisotopic (exact) mass is 282 g/mol. The molecule has 4 heteroatoms. The van der Waals surface area contributed by atoms with Crippen LogP contribution in [0.1, 0.15) is 26.2 Å². The van der Waals surface area contributed by atoms with Crippen molar-refractivity contribution < 1.29 is 0 Å². The third kappa shape index (κ3) is 3.27. The van der Waals surface area contributed by atoms with Crippen LogP contribution in [-0.2, 0) is 6.54 Å². The molecule has 1 aromatic carbocycles. The highest BCUT2D eigenvalue weighted by Gasteiger charge is 2.07. The van der Waals surface area contributed by atoms with E-state index in [2.05, 4.69) is 16.5 Å². The van der Waals surface area contributed by atoms with Crippen LogP contribution in [0.5, 0.6) is 0 Å². The summed E-state index contributed by atoms with van der Waals surface area (Å²) in [4.78, 5) is 4.39. The van der Waals surface area contributed by atoms with Crippen LogP contribution < -0.4 is 0 Å². The van der Waals surface area contributed by atoms with Crippen molar-refractivity contribution in [1.29, 1.82) is 0 Å². The molecule has 0 aliphatic heterocycles. The van der Waals surface area contributed by atoms with Crippen molar-refractivity contribution in [3.63, 3.8) is 0 Å². The molecule has 1 heterocycles. The van der Waals surface area contributed by atoms with Crippen molar-refractivity contribution in [3.05, 3.63) is 40.8 Å². The molecule has 0 N–H and O–H groups in total. The fourth-order valence-electron chi connectivity index (χ4n) is 1.86. The van der Waals surface area contributed by atoms with Gasteiger partial charge in [-0.1, -0.05) is 43.0 Å². The first-order chi connectivity index (χ1) is 8.70. The summed E-state index contributed by atoms with van der Waals surface area (Å²) >= 11 is 12.1. The lowest BCUT2D eigenvalue weighted by molar-refractivity contribution is 0.602. The molecular formula is C14H16Cl2N2. The molecule has 96 valence electrons. The molecule has 0 bridgehead atoms. The smallest absolute Gasteiger partial charge is 0.0953 e. The highest BCUT2D eigenvalue weighted by molar-refractivity contribution is 6.36. The van der Waals surface area contributed by atoms with Gasteiger partial charge in [0.15, 0.2) is 0 Å². The lowest BCUT2D eigenvalue weighted by Gasteiger charge is -2.01. The largest absolute Gasteiger partial charge is 0.337 e. The number of rotatable bonds is 5. The summed E-state index contributed by atoms with van der Waals surface area (Å²) in [7, 11) is 0. The Hall–Kier alpha value is -0.990. The van der Waals surface area contributed by atoms with Crippen molar-refractivity contribution in [2.75, 3.05) is 0 Å². The number of hydrogen-bond donors (Lipinski definition) is 0. The van der Waals surface area contributed by atoms with Crippen molar-refractivity contribution in [2.45, 2.75) is 32.7 Å². The SMILES string of the molecule is CCCCCn1cnc(-c2ccc(Cl)cc2Cl)c1. The predicted molar refractivity (Wildman–Crippen MR) is 77.2 cm³/mol. The second-order valence-electron chi connectivity index (χ2n) is 4.33. The Morgan fingerprint density at radius 2 is 2.06 bits per heavy atom. The maximum Gasteiger partial charge on any atom is 0.0953 e. The molecule has 0 aliphatic carbocycles. The Kier molecular flexibility index (Phi) is 4.67. The molecule has 2 rings (SSSR count). The maximum absolute atomic E-state index is 6.17. The number of halogens is 2. The first-order valence-electron chi connectivity index (χ1n) is 6.18. The van der Waals surface area contributed by atoms with Gasteiger partial charge >= 0.3 is 0 Å². The standard InChI is InChI=1S/C14H16Cl2N2/c1-2-3-4-7-18-9-14(17-10-18)12-6-5-11(15)8-13(12)16/h5-6,8-10H,2-4,7H2,1H3. The van der Waals surface area contributed by atoms with Crippen LogP contribution in [0.25, 0.3) is 11.3 Å². The molecule has 18 heavy (non-hydrogen) atoms. The molecule has 0 spiro atoms. The van der Waals surface area contributed by atoms with E-state index < -0.39 is 0 Å². The Morgan fingerprint density at radius 3 is 2.78 bits per heavy atom. The van der Waals surface area contributed by atoms with E-state index in [4.69, 9.17) is 23.2 Å². The number of aromatic nitrogens is 2. The average molecular weight is 283 g/mol. The van der Waals surface area contributed by atoms with Crippen molar-refractivity contribution in [2.24, 2.45) is 0 Å². The van der Waals surface area contributed by atoms with Crippen molar-refractivity contribution in [1.82, 2.24) is 9.55 Å². The maximum atomic E-state index is 6.17. The van der Waals surface area contributed by atoms with Gasteiger partial charge in [0, 0.05) is 23.3 Å². The Labute approximate surface area is 118 Å². The molecule has 0 fully saturated rings. The van der Waals surface area contributed by atoms with E-state index in [0.29, 0.717) is 10.0 Å². The second kappa shape index (κ2) is 6.26. The first kappa shape index (κ1) is 13.4. The topological polar surface area (TPSA) is 17.8 Å². The minimum absolute atomic E-state index is 0.640. The molecule has 1 aromatic heterocycles. The number of nitrogens with zero attached hydrogens (tertiary/aromatic N) is 2. The fourth-order valence-corrected chi connectivity index (χ4v) is 2.37. The number of hydrogen-bond acceptors (Lipinski definition) is 1.